The third-order valence-electron chi connectivity index (χ3n) is 11.7. The molecule has 0 spiro atoms. The van der Waals surface area contributed by atoms with Crippen molar-refractivity contribution in [2.24, 2.45) is 0 Å². The van der Waals surface area contributed by atoms with Gasteiger partial charge in [0.05, 0.1) is 11.0 Å². The third kappa shape index (κ3) is 6.79. The molecule has 1 aliphatic carbocycles. The van der Waals surface area contributed by atoms with Crippen LogP contribution in [0, 0.1) is 0 Å². The van der Waals surface area contributed by atoms with Crippen LogP contribution < -0.4 is 15.3 Å². The molecular formula is C57H44N2. The maximum Gasteiger partial charge on any atom is 0.0553 e. The average Bonchev–Trinajstić information content (AvgIpc) is 3.62. The first-order chi connectivity index (χ1) is 29.1. The van der Waals surface area contributed by atoms with Crippen LogP contribution >= 0.6 is 0 Å². The van der Waals surface area contributed by atoms with Crippen molar-refractivity contribution in [2.75, 3.05) is 4.90 Å². The second-order valence-corrected chi connectivity index (χ2v) is 15.4. The lowest BCUT2D eigenvalue weighted by Gasteiger charge is -2.27. The summed E-state index contributed by atoms with van der Waals surface area (Å²) in [5.41, 5.74) is 14.2. The molecular weight excluding hydrogens is 713 g/mol. The molecule has 1 aliphatic rings. The summed E-state index contributed by atoms with van der Waals surface area (Å²) in [7, 11) is 0. The lowest BCUT2D eigenvalue weighted by atomic mass is 9.93. The minimum atomic E-state index is 1.01. The zero-order valence-corrected chi connectivity index (χ0v) is 33.2. The highest BCUT2D eigenvalue weighted by Crippen LogP contribution is 2.44. The minimum Gasteiger partial charge on any atom is -0.314 e. The summed E-state index contributed by atoms with van der Waals surface area (Å²) in [6.07, 6.45) is 13.5. The molecule has 59 heavy (non-hydrogen) atoms. The summed E-state index contributed by atoms with van der Waals surface area (Å²) in [6, 6.07) is 66.0. The number of para-hydroxylation sites is 2. The van der Waals surface area contributed by atoms with Crippen molar-refractivity contribution in [1.82, 2.24) is 4.57 Å². The molecule has 0 aliphatic heterocycles. The van der Waals surface area contributed by atoms with Gasteiger partial charge in [-0.05, 0) is 129 Å². The summed E-state index contributed by atoms with van der Waals surface area (Å²) in [4.78, 5) is 2.37. The van der Waals surface area contributed by atoms with Gasteiger partial charge in [0.1, 0.15) is 0 Å². The fraction of sp³-hybridized carbons (Fsp3) is 0.0526. The van der Waals surface area contributed by atoms with E-state index in [4.69, 9.17) is 0 Å². The van der Waals surface area contributed by atoms with Gasteiger partial charge in [0.25, 0.3) is 0 Å². The molecule has 0 saturated carbocycles. The van der Waals surface area contributed by atoms with Crippen LogP contribution in [-0.2, 0) is 0 Å². The standard InChI is InChI=1S/C57H44N2/c1-40-16-9-10-17-42(40)29-28-41(2)58(50-36-34-46(35-37-50)45-32-30-44(31-33-45)43-18-5-3-6-19-43)51-24-15-21-48(38-51)56-52-25-12-11-20-47(52)39-55-57(56)53-26-13-14-27-54(53)59(55)49-22-7-4-8-23-49/h4-5,7-39H,1,3,6H2,2H3/b41-28+,42-29-. The van der Waals surface area contributed by atoms with Crippen molar-refractivity contribution in [1.29, 1.82) is 0 Å². The molecule has 0 N–H and O–H groups in total. The van der Waals surface area contributed by atoms with E-state index in [1.165, 1.54) is 66.0 Å². The first-order valence-corrected chi connectivity index (χ1v) is 20.5. The van der Waals surface area contributed by atoms with Gasteiger partial charge in [-0.1, -0.05) is 164 Å². The van der Waals surface area contributed by atoms with E-state index in [1.54, 1.807) is 0 Å². The molecule has 1 aromatic heterocycles. The van der Waals surface area contributed by atoms with Gasteiger partial charge in [-0.2, -0.15) is 0 Å². The van der Waals surface area contributed by atoms with Crippen LogP contribution in [0.1, 0.15) is 25.3 Å². The average molecular weight is 757 g/mol. The Balaban J connectivity index is 1.13. The topological polar surface area (TPSA) is 8.17 Å². The molecule has 2 nitrogen and oxygen atoms in total. The van der Waals surface area contributed by atoms with Crippen molar-refractivity contribution in [2.45, 2.75) is 19.8 Å². The molecule has 0 unspecified atom stereocenters. The number of anilines is 2. The Kier molecular flexibility index (Phi) is 9.44. The highest BCUT2D eigenvalue weighted by Gasteiger charge is 2.20. The Labute approximate surface area is 346 Å². The molecule has 8 aromatic carbocycles. The zero-order valence-electron chi connectivity index (χ0n) is 33.2. The van der Waals surface area contributed by atoms with E-state index in [2.05, 4.69) is 229 Å². The molecule has 0 amide bonds. The predicted octanol–water partition coefficient (Wildman–Crippen LogP) is 13.9. The van der Waals surface area contributed by atoms with E-state index < -0.39 is 0 Å². The Morgan fingerprint density at radius 2 is 1.27 bits per heavy atom. The van der Waals surface area contributed by atoms with Gasteiger partial charge < -0.3 is 9.47 Å². The smallest absolute Gasteiger partial charge is 0.0553 e. The number of nitrogens with zero attached hydrogens (tertiary/aromatic N) is 2. The van der Waals surface area contributed by atoms with Crippen molar-refractivity contribution in [3.8, 4) is 27.9 Å². The van der Waals surface area contributed by atoms with Gasteiger partial charge in [0.15, 0.2) is 0 Å². The fourth-order valence-corrected chi connectivity index (χ4v) is 8.77. The summed E-state index contributed by atoms with van der Waals surface area (Å²) < 4.78 is 2.42. The van der Waals surface area contributed by atoms with Gasteiger partial charge in [0.2, 0.25) is 0 Å². The van der Waals surface area contributed by atoms with Crippen LogP contribution in [0.15, 0.2) is 212 Å². The summed E-state index contributed by atoms with van der Waals surface area (Å²) in [5.74, 6) is 0. The number of hydrogen-bond acceptors (Lipinski definition) is 1. The van der Waals surface area contributed by atoms with Gasteiger partial charge in [-0.3, -0.25) is 0 Å². The normalized spacial score (nSPS) is 13.3. The molecule has 0 atom stereocenters. The highest BCUT2D eigenvalue weighted by atomic mass is 15.1. The van der Waals surface area contributed by atoms with Gasteiger partial charge in [-0.25, -0.2) is 0 Å². The Morgan fingerprint density at radius 1 is 0.576 bits per heavy atom. The minimum absolute atomic E-state index is 1.01. The van der Waals surface area contributed by atoms with Crippen LogP contribution in [0.5, 0.6) is 0 Å². The first kappa shape index (κ1) is 36.0. The number of fused-ring (bicyclic) bond motifs is 4. The van der Waals surface area contributed by atoms with E-state index in [0.717, 1.165) is 46.0 Å². The van der Waals surface area contributed by atoms with Crippen molar-refractivity contribution < 1.29 is 0 Å². The van der Waals surface area contributed by atoms with E-state index in [0.29, 0.717) is 0 Å². The maximum absolute atomic E-state index is 4.29. The molecule has 0 radical (unpaired) electrons. The molecule has 10 rings (SSSR count). The SMILES string of the molecule is C=c1cccc/c1=C/C=C(\C)N(c1ccc(-c2ccc(C3=CCCC=C3)cc2)cc1)c1cccc(-c2c3ccccc3cc3c2c2ccccc2n3-c2ccccc2)c1. The summed E-state index contributed by atoms with van der Waals surface area (Å²) in [5, 5.41) is 7.05. The number of allylic oxidation sites excluding steroid dienone is 6. The molecule has 0 saturated heterocycles. The third-order valence-corrected chi connectivity index (χ3v) is 11.7. The van der Waals surface area contributed by atoms with Crippen LogP contribution in [0.2, 0.25) is 0 Å². The van der Waals surface area contributed by atoms with E-state index >= 15 is 0 Å². The Bertz CT molecular complexity index is 3220. The molecule has 282 valence electrons. The largest absolute Gasteiger partial charge is 0.314 e. The molecule has 0 fully saturated rings. The Hall–Kier alpha value is -7.42. The number of aromatic nitrogens is 1. The Morgan fingerprint density at radius 3 is 2.05 bits per heavy atom. The van der Waals surface area contributed by atoms with Crippen LogP contribution in [0.25, 0.3) is 78.7 Å². The number of benzene rings is 8. The predicted molar refractivity (Wildman–Crippen MR) is 254 cm³/mol. The lowest BCUT2D eigenvalue weighted by Crippen LogP contribution is -2.21. The number of rotatable bonds is 8. The monoisotopic (exact) mass is 756 g/mol. The molecule has 1 heterocycles. The van der Waals surface area contributed by atoms with Crippen LogP contribution in [-0.4, -0.2) is 4.57 Å². The summed E-state index contributed by atoms with van der Waals surface area (Å²) >= 11 is 0. The highest BCUT2D eigenvalue weighted by molar-refractivity contribution is 6.23. The van der Waals surface area contributed by atoms with Crippen molar-refractivity contribution in [3.63, 3.8) is 0 Å². The maximum atomic E-state index is 4.29. The molecule has 2 heteroatoms. The van der Waals surface area contributed by atoms with Gasteiger partial charge in [-0.15, -0.1) is 0 Å². The van der Waals surface area contributed by atoms with Gasteiger partial charge in [0, 0.05) is 33.5 Å². The molecule has 9 aromatic rings. The second kappa shape index (κ2) is 15.5. The van der Waals surface area contributed by atoms with Gasteiger partial charge >= 0.3 is 0 Å². The first-order valence-electron chi connectivity index (χ1n) is 20.5. The van der Waals surface area contributed by atoms with Crippen LogP contribution in [0.3, 0.4) is 0 Å². The lowest BCUT2D eigenvalue weighted by molar-refractivity contribution is 1.04. The molecule has 0 bridgehead atoms. The summed E-state index contributed by atoms with van der Waals surface area (Å²) in [6.45, 7) is 6.48. The van der Waals surface area contributed by atoms with E-state index in [1.807, 2.05) is 6.07 Å². The zero-order chi connectivity index (χ0) is 39.7. The second-order valence-electron chi connectivity index (χ2n) is 15.4. The van der Waals surface area contributed by atoms with E-state index in [9.17, 15) is 0 Å². The van der Waals surface area contributed by atoms with Crippen molar-refractivity contribution >= 4 is 62.2 Å². The van der Waals surface area contributed by atoms with Crippen molar-refractivity contribution in [3.05, 3.63) is 228 Å². The van der Waals surface area contributed by atoms with Crippen LogP contribution in [0.4, 0.5) is 11.4 Å². The van der Waals surface area contributed by atoms with E-state index in [-0.39, 0.29) is 0 Å². The fourth-order valence-electron chi connectivity index (χ4n) is 8.77. The number of hydrogen-bond donors (Lipinski definition) is 0. The quantitative estimate of drug-likeness (QED) is 0.150.